The molecular weight excluding hydrogens is 319 g/mol. The van der Waals surface area contributed by atoms with Crippen LogP contribution in [-0.4, -0.2) is 28.4 Å². The maximum atomic E-state index is 13.3. The Bertz CT molecular complexity index is 814. The predicted molar refractivity (Wildman–Crippen MR) is 94.4 cm³/mol. The highest BCUT2D eigenvalue weighted by Crippen LogP contribution is 2.29. The summed E-state index contributed by atoms with van der Waals surface area (Å²) < 4.78 is 15.4. The highest BCUT2D eigenvalue weighted by atomic mass is 19.1. The molecule has 0 spiro atoms. The fraction of sp³-hybridized carbons (Fsp3) is 0.474. The van der Waals surface area contributed by atoms with Crippen LogP contribution >= 0.6 is 0 Å². The molecule has 5 nitrogen and oxygen atoms in total. The quantitative estimate of drug-likeness (QED) is 0.911. The third-order valence-corrected chi connectivity index (χ3v) is 5.19. The minimum Gasteiger partial charge on any atom is -0.335 e. The largest absolute Gasteiger partial charge is 0.335 e. The molecule has 6 heteroatoms. The van der Waals surface area contributed by atoms with Crippen molar-refractivity contribution in [2.45, 2.75) is 51.6 Å². The standard InChI is InChI=1S/C19H23FN4O/c1-12(2)24-18-10-16(5-3-14(18)11-21-24)22-19(25)23-8-7-13-9-15(20)4-6-17(13)23/h4,6,9,11-12,16H,3,5,7-8,10H2,1-2H3,(H,22,25)/t16-/m1/s1. The molecule has 1 aromatic carbocycles. The van der Waals surface area contributed by atoms with E-state index < -0.39 is 0 Å². The average Bonchev–Trinajstić information content (AvgIpc) is 3.17. The van der Waals surface area contributed by atoms with Gasteiger partial charge >= 0.3 is 6.03 Å². The summed E-state index contributed by atoms with van der Waals surface area (Å²) in [6.45, 7) is 4.85. The molecule has 0 saturated heterocycles. The molecule has 0 radical (unpaired) electrons. The van der Waals surface area contributed by atoms with Crippen LogP contribution in [0.2, 0.25) is 0 Å². The number of benzene rings is 1. The summed E-state index contributed by atoms with van der Waals surface area (Å²) in [5, 5.41) is 7.65. The van der Waals surface area contributed by atoms with Gasteiger partial charge in [0.25, 0.3) is 0 Å². The molecule has 2 amide bonds. The first-order valence-electron chi connectivity index (χ1n) is 8.94. The van der Waals surface area contributed by atoms with E-state index in [1.54, 1.807) is 11.0 Å². The molecule has 0 saturated carbocycles. The lowest BCUT2D eigenvalue weighted by atomic mass is 9.93. The summed E-state index contributed by atoms with van der Waals surface area (Å²) in [4.78, 5) is 14.5. The zero-order valence-electron chi connectivity index (χ0n) is 14.6. The lowest BCUT2D eigenvalue weighted by molar-refractivity contribution is 0.241. The van der Waals surface area contributed by atoms with Gasteiger partial charge in [0, 0.05) is 36.4 Å². The van der Waals surface area contributed by atoms with E-state index in [4.69, 9.17) is 0 Å². The highest BCUT2D eigenvalue weighted by Gasteiger charge is 2.29. The second-order valence-corrected chi connectivity index (χ2v) is 7.22. The Labute approximate surface area is 146 Å². The molecule has 1 aromatic heterocycles. The molecule has 0 unspecified atom stereocenters. The smallest absolute Gasteiger partial charge is 0.322 e. The number of carbonyl (C=O) groups excluding carboxylic acids is 1. The van der Waals surface area contributed by atoms with Crippen molar-refractivity contribution in [1.82, 2.24) is 15.1 Å². The molecule has 1 aliphatic heterocycles. The third kappa shape index (κ3) is 2.90. The van der Waals surface area contributed by atoms with Gasteiger partial charge < -0.3 is 5.32 Å². The van der Waals surface area contributed by atoms with Crippen LogP contribution in [-0.2, 0) is 19.3 Å². The third-order valence-electron chi connectivity index (χ3n) is 5.19. The molecule has 4 rings (SSSR count). The Morgan fingerprint density at radius 3 is 2.96 bits per heavy atom. The van der Waals surface area contributed by atoms with Gasteiger partial charge in [-0.05, 0) is 62.4 Å². The molecule has 2 heterocycles. The topological polar surface area (TPSA) is 50.2 Å². The SMILES string of the molecule is CC(C)n1ncc2c1C[C@H](NC(=O)N1CCc3cc(F)ccc31)CC2. The minimum atomic E-state index is -0.247. The van der Waals surface area contributed by atoms with Crippen LogP contribution in [0.4, 0.5) is 14.9 Å². The Kier molecular flexibility index (Phi) is 3.98. The Morgan fingerprint density at radius 2 is 2.16 bits per heavy atom. The lowest BCUT2D eigenvalue weighted by Gasteiger charge is -2.27. The number of urea groups is 1. The average molecular weight is 342 g/mol. The van der Waals surface area contributed by atoms with Crippen LogP contribution in [0.25, 0.3) is 0 Å². The molecule has 2 aliphatic rings. The Morgan fingerprint density at radius 1 is 1.32 bits per heavy atom. The number of hydrogen-bond acceptors (Lipinski definition) is 2. The van der Waals surface area contributed by atoms with E-state index in [2.05, 4.69) is 28.9 Å². The van der Waals surface area contributed by atoms with Gasteiger partial charge in [0.05, 0.1) is 6.20 Å². The maximum absolute atomic E-state index is 13.3. The van der Waals surface area contributed by atoms with Gasteiger partial charge in [0.1, 0.15) is 5.82 Å². The van der Waals surface area contributed by atoms with Crippen molar-refractivity contribution < 1.29 is 9.18 Å². The number of nitrogens with one attached hydrogen (secondary N) is 1. The summed E-state index contributed by atoms with van der Waals surface area (Å²) in [7, 11) is 0. The molecule has 1 atom stereocenters. The fourth-order valence-electron chi connectivity index (χ4n) is 3.92. The van der Waals surface area contributed by atoms with E-state index >= 15 is 0 Å². The van der Waals surface area contributed by atoms with E-state index in [0.29, 0.717) is 19.0 Å². The van der Waals surface area contributed by atoms with E-state index in [-0.39, 0.29) is 17.9 Å². The Hall–Kier alpha value is -2.37. The summed E-state index contributed by atoms with van der Waals surface area (Å²) >= 11 is 0. The van der Waals surface area contributed by atoms with Gasteiger partial charge in [-0.25, -0.2) is 9.18 Å². The normalized spacial score (nSPS) is 19.0. The van der Waals surface area contributed by atoms with Crippen LogP contribution in [0.5, 0.6) is 0 Å². The summed E-state index contributed by atoms with van der Waals surface area (Å²) in [6, 6.07) is 4.98. The number of aromatic nitrogens is 2. The van der Waals surface area contributed by atoms with Gasteiger partial charge in [0.15, 0.2) is 0 Å². The van der Waals surface area contributed by atoms with Crippen LogP contribution in [0.3, 0.4) is 0 Å². The van der Waals surface area contributed by atoms with Crippen LogP contribution in [0.1, 0.15) is 43.1 Å². The maximum Gasteiger partial charge on any atom is 0.322 e. The van der Waals surface area contributed by atoms with Crippen LogP contribution < -0.4 is 10.2 Å². The van der Waals surface area contributed by atoms with Gasteiger partial charge in [-0.3, -0.25) is 9.58 Å². The minimum absolute atomic E-state index is 0.0885. The number of anilines is 1. The number of aryl methyl sites for hydroxylation is 1. The molecule has 1 N–H and O–H groups in total. The van der Waals surface area contributed by atoms with Crippen molar-refractivity contribution in [1.29, 1.82) is 0 Å². The predicted octanol–water partition coefficient (Wildman–Crippen LogP) is 3.23. The zero-order valence-corrected chi connectivity index (χ0v) is 14.6. The van der Waals surface area contributed by atoms with Crippen LogP contribution in [0, 0.1) is 5.82 Å². The van der Waals surface area contributed by atoms with E-state index in [1.165, 1.54) is 23.4 Å². The molecule has 2 aromatic rings. The molecule has 0 fully saturated rings. The number of carbonyl (C=O) groups is 1. The van der Waals surface area contributed by atoms with Crippen molar-refractivity contribution in [3.05, 3.63) is 47.0 Å². The fourth-order valence-corrected chi connectivity index (χ4v) is 3.92. The second-order valence-electron chi connectivity index (χ2n) is 7.22. The van der Waals surface area contributed by atoms with Crippen molar-refractivity contribution in [3.8, 4) is 0 Å². The number of hydrogen-bond donors (Lipinski definition) is 1. The van der Waals surface area contributed by atoms with Gasteiger partial charge in [-0.2, -0.15) is 5.10 Å². The number of amides is 2. The van der Waals surface area contributed by atoms with Gasteiger partial charge in [-0.15, -0.1) is 0 Å². The summed E-state index contributed by atoms with van der Waals surface area (Å²) in [5.41, 5.74) is 4.25. The van der Waals surface area contributed by atoms with Crippen molar-refractivity contribution in [3.63, 3.8) is 0 Å². The monoisotopic (exact) mass is 342 g/mol. The molecule has 0 bridgehead atoms. The number of halogens is 1. The van der Waals surface area contributed by atoms with E-state index in [0.717, 1.165) is 30.5 Å². The van der Waals surface area contributed by atoms with Gasteiger partial charge in [0.2, 0.25) is 0 Å². The molecule has 25 heavy (non-hydrogen) atoms. The van der Waals surface area contributed by atoms with Crippen molar-refractivity contribution in [2.24, 2.45) is 0 Å². The first kappa shape index (κ1) is 16.1. The molecular formula is C19H23FN4O. The second kappa shape index (κ2) is 6.17. The lowest BCUT2D eigenvalue weighted by Crippen LogP contribution is -2.46. The highest BCUT2D eigenvalue weighted by molar-refractivity contribution is 5.94. The van der Waals surface area contributed by atoms with Crippen LogP contribution in [0.15, 0.2) is 24.4 Å². The number of rotatable bonds is 2. The number of fused-ring (bicyclic) bond motifs is 2. The number of nitrogens with zero attached hydrogens (tertiary/aromatic N) is 3. The zero-order chi connectivity index (χ0) is 17.6. The summed E-state index contributed by atoms with van der Waals surface area (Å²) in [5.74, 6) is -0.247. The van der Waals surface area contributed by atoms with E-state index in [1.807, 2.05) is 6.20 Å². The Balaban J connectivity index is 1.47. The van der Waals surface area contributed by atoms with Gasteiger partial charge in [-0.1, -0.05) is 0 Å². The first-order valence-corrected chi connectivity index (χ1v) is 8.94. The molecule has 1 aliphatic carbocycles. The first-order chi connectivity index (χ1) is 12.0. The van der Waals surface area contributed by atoms with Crippen molar-refractivity contribution in [2.75, 3.05) is 11.4 Å². The van der Waals surface area contributed by atoms with E-state index in [9.17, 15) is 9.18 Å². The molecule has 132 valence electrons. The summed E-state index contributed by atoms with van der Waals surface area (Å²) in [6.07, 6.45) is 5.33. The van der Waals surface area contributed by atoms with Crippen molar-refractivity contribution >= 4 is 11.7 Å².